The van der Waals surface area contributed by atoms with Crippen molar-refractivity contribution in [3.63, 3.8) is 0 Å². The minimum Gasteiger partial charge on any atom is -0.480 e. The van der Waals surface area contributed by atoms with E-state index < -0.39 is 12.0 Å². The fourth-order valence-corrected chi connectivity index (χ4v) is 3.31. The Balaban J connectivity index is 2.26. The molecule has 1 aromatic heterocycles. The first-order valence-electron chi connectivity index (χ1n) is 6.18. The van der Waals surface area contributed by atoms with Gasteiger partial charge in [0.15, 0.2) is 0 Å². The molecule has 1 aliphatic heterocycles. The van der Waals surface area contributed by atoms with Gasteiger partial charge in [-0.3, -0.25) is 9.69 Å². The molecular formula is C13H14N2O3S2. The topological polar surface area (TPSA) is 73.4 Å². The molecule has 0 bridgehead atoms. The Morgan fingerprint density at radius 3 is 2.95 bits per heavy atom. The Morgan fingerprint density at radius 2 is 2.40 bits per heavy atom. The van der Waals surface area contributed by atoms with Gasteiger partial charge in [-0.05, 0) is 24.6 Å². The van der Waals surface area contributed by atoms with E-state index in [0.717, 1.165) is 17.5 Å². The summed E-state index contributed by atoms with van der Waals surface area (Å²) in [6.45, 7) is 1.88. The molecule has 1 amide bonds. The number of carboxylic acids is 1. The summed E-state index contributed by atoms with van der Waals surface area (Å²) >= 11 is 6.29. The van der Waals surface area contributed by atoms with Crippen LogP contribution in [0.1, 0.15) is 25.5 Å². The zero-order valence-electron chi connectivity index (χ0n) is 10.8. The van der Waals surface area contributed by atoms with E-state index in [9.17, 15) is 14.7 Å². The summed E-state index contributed by atoms with van der Waals surface area (Å²) in [5.41, 5.74) is 0.785. The van der Waals surface area contributed by atoms with Crippen LogP contribution < -0.4 is 0 Å². The third kappa shape index (κ3) is 2.94. The zero-order chi connectivity index (χ0) is 14.7. The number of thioether (sulfide) groups is 1. The molecule has 1 fully saturated rings. The first-order chi connectivity index (χ1) is 9.54. The first-order valence-corrected chi connectivity index (χ1v) is 7.40. The summed E-state index contributed by atoms with van der Waals surface area (Å²) in [6, 6.07) is 2.76. The Kier molecular flexibility index (Phi) is 4.61. The van der Waals surface area contributed by atoms with Gasteiger partial charge in [-0.25, -0.2) is 4.79 Å². The van der Waals surface area contributed by atoms with Crippen molar-refractivity contribution in [3.8, 4) is 0 Å². The number of hydrogen-bond donors (Lipinski definition) is 2. The van der Waals surface area contributed by atoms with Gasteiger partial charge >= 0.3 is 5.97 Å². The molecule has 7 heteroatoms. The average Bonchev–Trinajstić information content (AvgIpc) is 2.98. The van der Waals surface area contributed by atoms with Crippen LogP contribution in [-0.2, 0) is 9.59 Å². The lowest BCUT2D eigenvalue weighted by Crippen LogP contribution is -2.43. The Bertz CT molecular complexity index is 566. The van der Waals surface area contributed by atoms with Gasteiger partial charge in [0, 0.05) is 11.9 Å². The zero-order valence-corrected chi connectivity index (χ0v) is 12.5. The van der Waals surface area contributed by atoms with Crippen molar-refractivity contribution in [3.05, 3.63) is 28.9 Å². The molecule has 2 N–H and O–H groups in total. The van der Waals surface area contributed by atoms with Crippen LogP contribution in [0.3, 0.4) is 0 Å². The minimum atomic E-state index is -1.02. The number of H-pyrrole nitrogens is 1. The van der Waals surface area contributed by atoms with Gasteiger partial charge in [-0.1, -0.05) is 37.3 Å². The van der Waals surface area contributed by atoms with Gasteiger partial charge in [-0.2, -0.15) is 0 Å². The highest BCUT2D eigenvalue weighted by Gasteiger charge is 2.39. The van der Waals surface area contributed by atoms with Crippen molar-refractivity contribution in [2.75, 3.05) is 0 Å². The molecular weight excluding hydrogens is 296 g/mol. The summed E-state index contributed by atoms with van der Waals surface area (Å²) in [7, 11) is 0. The number of carbonyl (C=O) groups excluding carboxylic acids is 1. The minimum absolute atomic E-state index is 0.300. The summed E-state index contributed by atoms with van der Waals surface area (Å²) < 4.78 is 0.300. The lowest BCUT2D eigenvalue weighted by molar-refractivity contribution is -0.145. The summed E-state index contributed by atoms with van der Waals surface area (Å²) in [5.74, 6) is -1.36. The number of aliphatic carboxylic acids is 1. The van der Waals surface area contributed by atoms with Crippen LogP contribution >= 0.6 is 24.0 Å². The molecule has 0 spiro atoms. The smallest absolute Gasteiger partial charge is 0.326 e. The molecule has 20 heavy (non-hydrogen) atoms. The molecule has 106 valence electrons. The van der Waals surface area contributed by atoms with Crippen LogP contribution in [0.4, 0.5) is 0 Å². The molecule has 2 heterocycles. The first kappa shape index (κ1) is 14.8. The van der Waals surface area contributed by atoms with E-state index in [1.54, 1.807) is 12.3 Å². The number of carbonyl (C=O) groups is 2. The summed E-state index contributed by atoms with van der Waals surface area (Å²) in [6.07, 6.45) is 4.50. The van der Waals surface area contributed by atoms with Crippen LogP contribution in [0, 0.1) is 0 Å². The number of nitrogens with zero attached hydrogens (tertiary/aromatic N) is 1. The highest BCUT2D eigenvalue weighted by Crippen LogP contribution is 2.34. The van der Waals surface area contributed by atoms with Gasteiger partial charge in [0.2, 0.25) is 0 Å². The second kappa shape index (κ2) is 6.23. The maximum absolute atomic E-state index is 12.3. The number of thiocarbonyl (C=S) groups is 1. The van der Waals surface area contributed by atoms with E-state index in [1.807, 2.05) is 19.1 Å². The highest BCUT2D eigenvalue weighted by molar-refractivity contribution is 8.26. The average molecular weight is 310 g/mol. The fourth-order valence-electron chi connectivity index (χ4n) is 1.96. The van der Waals surface area contributed by atoms with Gasteiger partial charge in [-0.15, -0.1) is 0 Å². The van der Waals surface area contributed by atoms with Crippen LogP contribution in [-0.4, -0.2) is 37.2 Å². The maximum Gasteiger partial charge on any atom is 0.326 e. The fraction of sp³-hybridized carbons (Fsp3) is 0.308. The van der Waals surface area contributed by atoms with Crippen LogP contribution in [0.15, 0.2) is 23.2 Å². The Hall–Kier alpha value is -1.60. The third-order valence-corrected chi connectivity index (χ3v) is 4.22. The number of rotatable bonds is 5. The molecule has 1 saturated heterocycles. The van der Waals surface area contributed by atoms with Crippen molar-refractivity contribution in [2.45, 2.75) is 25.8 Å². The molecule has 1 unspecified atom stereocenters. The molecule has 5 nitrogen and oxygen atoms in total. The summed E-state index contributed by atoms with van der Waals surface area (Å²) in [5, 5.41) is 9.25. The standard InChI is InChI=1S/C13H14N2O3S2/c1-2-4-9(12(17)18)15-11(16)10(20-13(15)19)7-8-5-3-6-14-8/h3,5-7,9,14H,2,4H2,1H3,(H,17,18)/b10-7-. The van der Waals surface area contributed by atoms with Crippen molar-refractivity contribution in [1.82, 2.24) is 9.88 Å². The van der Waals surface area contributed by atoms with E-state index in [1.165, 1.54) is 4.90 Å². The number of hydrogen-bond acceptors (Lipinski definition) is 4. The molecule has 0 aromatic carbocycles. The third-order valence-electron chi connectivity index (χ3n) is 2.89. The van der Waals surface area contributed by atoms with Crippen molar-refractivity contribution < 1.29 is 14.7 Å². The quantitative estimate of drug-likeness (QED) is 0.645. The van der Waals surface area contributed by atoms with E-state index in [4.69, 9.17) is 12.2 Å². The monoisotopic (exact) mass is 310 g/mol. The normalized spacial score (nSPS) is 18.9. The lowest BCUT2D eigenvalue weighted by Gasteiger charge is -2.22. The molecule has 0 radical (unpaired) electrons. The van der Waals surface area contributed by atoms with Crippen LogP contribution in [0.25, 0.3) is 6.08 Å². The van der Waals surface area contributed by atoms with Gasteiger partial charge in [0.05, 0.1) is 4.91 Å². The molecule has 0 saturated carbocycles. The van der Waals surface area contributed by atoms with E-state index >= 15 is 0 Å². The van der Waals surface area contributed by atoms with Crippen molar-refractivity contribution in [2.24, 2.45) is 0 Å². The molecule has 0 aliphatic carbocycles. The highest BCUT2D eigenvalue weighted by atomic mass is 32.2. The van der Waals surface area contributed by atoms with Gasteiger partial charge in [0.1, 0.15) is 10.4 Å². The lowest BCUT2D eigenvalue weighted by atomic mass is 10.1. The van der Waals surface area contributed by atoms with Crippen molar-refractivity contribution >= 4 is 46.3 Å². The van der Waals surface area contributed by atoms with E-state index in [-0.39, 0.29) is 5.91 Å². The molecule has 1 aromatic rings. The molecule has 1 aliphatic rings. The SMILES string of the molecule is CCCC(C(=O)O)N1C(=O)/C(=C/c2ccc[nH]2)SC1=S. The Morgan fingerprint density at radius 1 is 1.65 bits per heavy atom. The number of aromatic nitrogens is 1. The second-order valence-electron chi connectivity index (χ2n) is 4.32. The number of aromatic amines is 1. The predicted octanol–water partition coefficient (Wildman–Crippen LogP) is 2.47. The predicted molar refractivity (Wildman–Crippen MR) is 82.1 cm³/mol. The van der Waals surface area contributed by atoms with Crippen molar-refractivity contribution in [1.29, 1.82) is 0 Å². The largest absolute Gasteiger partial charge is 0.480 e. The number of amides is 1. The van der Waals surface area contributed by atoms with Gasteiger partial charge < -0.3 is 10.1 Å². The van der Waals surface area contributed by atoms with E-state index in [0.29, 0.717) is 22.1 Å². The Labute approximate surface area is 126 Å². The van der Waals surface area contributed by atoms with Crippen LogP contribution in [0.2, 0.25) is 0 Å². The maximum atomic E-state index is 12.3. The molecule has 1 atom stereocenters. The number of nitrogens with one attached hydrogen (secondary N) is 1. The van der Waals surface area contributed by atoms with Gasteiger partial charge in [0.25, 0.3) is 5.91 Å². The summed E-state index contributed by atoms with van der Waals surface area (Å²) in [4.78, 5) is 28.3. The second-order valence-corrected chi connectivity index (χ2v) is 6.00. The van der Waals surface area contributed by atoms with E-state index in [2.05, 4.69) is 4.98 Å². The number of carboxylic acid groups (broad SMARTS) is 1. The van der Waals surface area contributed by atoms with Crippen LogP contribution in [0.5, 0.6) is 0 Å². The molecule has 2 rings (SSSR count).